The number of carbonyl (C=O) groups excluding carboxylic acids is 1. The van der Waals surface area contributed by atoms with Gasteiger partial charge in [-0.15, -0.1) is 0 Å². The van der Waals surface area contributed by atoms with Gasteiger partial charge >= 0.3 is 0 Å². The summed E-state index contributed by atoms with van der Waals surface area (Å²) < 4.78 is 10.2. The quantitative estimate of drug-likeness (QED) is 0.696. The van der Waals surface area contributed by atoms with Crippen molar-refractivity contribution in [1.29, 1.82) is 0 Å². The summed E-state index contributed by atoms with van der Waals surface area (Å²) in [6.07, 6.45) is 2.82. The number of hydrogen-bond acceptors (Lipinski definition) is 3. The molecule has 0 fully saturated rings. The molecule has 4 nitrogen and oxygen atoms in total. The lowest BCUT2D eigenvalue weighted by molar-refractivity contribution is 0.1000. The molecule has 0 unspecified atom stereocenters. The molecule has 1 aromatic carbocycles. The van der Waals surface area contributed by atoms with Gasteiger partial charge in [0.05, 0.1) is 0 Å². The fourth-order valence-electron chi connectivity index (χ4n) is 1.05. The van der Waals surface area contributed by atoms with E-state index in [9.17, 15) is 4.79 Å². The number of primary amides is 1. The summed E-state index contributed by atoms with van der Waals surface area (Å²) >= 11 is 0. The average molecular weight is 177 g/mol. The topological polar surface area (TPSA) is 61.6 Å². The molecule has 0 saturated carbocycles. The van der Waals surface area contributed by atoms with Crippen molar-refractivity contribution in [3.8, 4) is 11.5 Å². The van der Waals surface area contributed by atoms with E-state index < -0.39 is 5.91 Å². The van der Waals surface area contributed by atoms with Crippen molar-refractivity contribution in [2.24, 2.45) is 5.73 Å². The fourth-order valence-corrected chi connectivity index (χ4v) is 1.05. The van der Waals surface area contributed by atoms with E-state index in [0.29, 0.717) is 17.1 Å². The molecule has 1 heterocycles. The minimum Gasteiger partial charge on any atom is -0.458 e. The first-order valence-corrected chi connectivity index (χ1v) is 3.69. The molecule has 0 atom stereocenters. The molecule has 4 heteroatoms. The van der Waals surface area contributed by atoms with Gasteiger partial charge in [-0.25, -0.2) is 0 Å². The third-order valence-corrected chi connectivity index (χ3v) is 1.67. The number of nitrogens with two attached hydrogens (primary N) is 1. The van der Waals surface area contributed by atoms with Gasteiger partial charge in [-0.3, -0.25) is 4.79 Å². The van der Waals surface area contributed by atoms with Gasteiger partial charge in [-0.2, -0.15) is 0 Å². The monoisotopic (exact) mass is 177 g/mol. The summed E-state index contributed by atoms with van der Waals surface area (Å²) in [7, 11) is 0. The lowest BCUT2D eigenvalue weighted by Gasteiger charge is -2.12. The van der Waals surface area contributed by atoms with Crippen LogP contribution in [0.15, 0.2) is 30.7 Å². The first-order valence-electron chi connectivity index (χ1n) is 3.69. The van der Waals surface area contributed by atoms with Gasteiger partial charge in [0.15, 0.2) is 11.5 Å². The molecule has 66 valence electrons. The van der Waals surface area contributed by atoms with Crippen LogP contribution in [0.25, 0.3) is 0 Å². The molecule has 1 aliphatic heterocycles. The second-order valence-electron chi connectivity index (χ2n) is 2.53. The van der Waals surface area contributed by atoms with Crippen LogP contribution in [-0.4, -0.2) is 5.91 Å². The Bertz CT molecular complexity index is 384. The maximum absolute atomic E-state index is 10.8. The van der Waals surface area contributed by atoms with E-state index in [1.807, 2.05) is 0 Å². The van der Waals surface area contributed by atoms with Crippen LogP contribution in [0.1, 0.15) is 10.4 Å². The molecule has 0 bridgehead atoms. The average Bonchev–Trinajstić information content (AvgIpc) is 2.17. The summed E-state index contributed by atoms with van der Waals surface area (Å²) in [5, 5.41) is 0. The Labute approximate surface area is 74.6 Å². The number of benzene rings is 1. The Morgan fingerprint density at radius 3 is 2.54 bits per heavy atom. The van der Waals surface area contributed by atoms with E-state index >= 15 is 0 Å². The molecule has 1 aromatic rings. The number of amides is 1. The van der Waals surface area contributed by atoms with Gasteiger partial charge in [0.25, 0.3) is 0 Å². The summed E-state index contributed by atoms with van der Waals surface area (Å²) in [5.41, 5.74) is 5.49. The second kappa shape index (κ2) is 2.82. The van der Waals surface area contributed by atoms with Crippen molar-refractivity contribution in [1.82, 2.24) is 0 Å². The minimum atomic E-state index is -0.485. The zero-order chi connectivity index (χ0) is 9.26. The summed E-state index contributed by atoms with van der Waals surface area (Å²) in [4.78, 5) is 10.8. The van der Waals surface area contributed by atoms with Crippen molar-refractivity contribution in [3.05, 3.63) is 36.3 Å². The van der Waals surface area contributed by atoms with E-state index in [1.54, 1.807) is 18.2 Å². The summed E-state index contributed by atoms with van der Waals surface area (Å²) in [6.45, 7) is 0. The predicted molar refractivity (Wildman–Crippen MR) is 45.4 cm³/mol. The summed E-state index contributed by atoms with van der Waals surface area (Å²) in [5.74, 6) is 0.590. The van der Waals surface area contributed by atoms with Crippen LogP contribution in [0.3, 0.4) is 0 Å². The van der Waals surface area contributed by atoms with E-state index in [2.05, 4.69) is 0 Å². The molecular formula is C9H7NO3. The number of carbonyl (C=O) groups is 1. The first kappa shape index (κ1) is 7.67. The van der Waals surface area contributed by atoms with Crippen LogP contribution in [0.4, 0.5) is 0 Å². The molecule has 0 radical (unpaired) electrons. The van der Waals surface area contributed by atoms with Crippen molar-refractivity contribution in [3.63, 3.8) is 0 Å². The highest BCUT2D eigenvalue weighted by molar-refractivity contribution is 5.93. The Morgan fingerprint density at radius 1 is 1.15 bits per heavy atom. The highest BCUT2D eigenvalue weighted by Gasteiger charge is 2.10. The van der Waals surface area contributed by atoms with E-state index in [-0.39, 0.29) is 0 Å². The van der Waals surface area contributed by atoms with Gasteiger partial charge < -0.3 is 15.2 Å². The largest absolute Gasteiger partial charge is 0.458 e. The van der Waals surface area contributed by atoms with E-state index in [4.69, 9.17) is 15.2 Å². The predicted octanol–water partition coefficient (Wildman–Crippen LogP) is 1.03. The van der Waals surface area contributed by atoms with Crippen molar-refractivity contribution in [2.75, 3.05) is 0 Å². The van der Waals surface area contributed by atoms with Crippen LogP contribution in [-0.2, 0) is 0 Å². The lowest BCUT2D eigenvalue weighted by atomic mass is 10.2. The highest BCUT2D eigenvalue weighted by atomic mass is 16.5. The van der Waals surface area contributed by atoms with E-state index in [1.165, 1.54) is 12.5 Å². The third kappa shape index (κ3) is 1.33. The molecule has 0 aliphatic carbocycles. The summed E-state index contributed by atoms with van der Waals surface area (Å²) in [6, 6.07) is 4.77. The lowest BCUT2D eigenvalue weighted by Crippen LogP contribution is -2.11. The Hall–Kier alpha value is -1.97. The molecule has 0 aromatic heterocycles. The molecular weight excluding hydrogens is 170 g/mol. The molecule has 2 rings (SSSR count). The second-order valence-corrected chi connectivity index (χ2v) is 2.53. The molecule has 0 spiro atoms. The standard InChI is InChI=1S/C9H7NO3/c10-9(11)6-1-2-7-8(5-6)13-4-3-12-7/h1-5H,(H2,10,11). The first-order chi connectivity index (χ1) is 6.27. The maximum atomic E-state index is 10.8. The fraction of sp³-hybridized carbons (Fsp3) is 0. The Balaban J connectivity index is 2.44. The van der Waals surface area contributed by atoms with E-state index in [0.717, 1.165) is 0 Å². The zero-order valence-electron chi connectivity index (χ0n) is 6.69. The van der Waals surface area contributed by atoms with Crippen LogP contribution < -0.4 is 15.2 Å². The van der Waals surface area contributed by atoms with Gasteiger partial charge in [0.2, 0.25) is 5.91 Å². The van der Waals surface area contributed by atoms with Crippen molar-refractivity contribution >= 4 is 5.91 Å². The third-order valence-electron chi connectivity index (χ3n) is 1.67. The number of fused-ring (bicyclic) bond motifs is 1. The van der Waals surface area contributed by atoms with Gasteiger partial charge in [-0.1, -0.05) is 0 Å². The van der Waals surface area contributed by atoms with Crippen LogP contribution >= 0.6 is 0 Å². The Morgan fingerprint density at radius 2 is 1.85 bits per heavy atom. The SMILES string of the molecule is NC(=O)c1ccc2c(c1)OC=CO2. The smallest absolute Gasteiger partial charge is 0.248 e. The van der Waals surface area contributed by atoms with Crippen LogP contribution in [0, 0.1) is 0 Å². The number of ether oxygens (including phenoxy) is 2. The Kier molecular flexibility index (Phi) is 1.66. The van der Waals surface area contributed by atoms with Gasteiger partial charge in [0.1, 0.15) is 12.5 Å². The number of rotatable bonds is 1. The molecule has 2 N–H and O–H groups in total. The molecule has 13 heavy (non-hydrogen) atoms. The van der Waals surface area contributed by atoms with Crippen molar-refractivity contribution < 1.29 is 14.3 Å². The van der Waals surface area contributed by atoms with Crippen LogP contribution in [0.5, 0.6) is 11.5 Å². The zero-order valence-corrected chi connectivity index (χ0v) is 6.69. The number of hydrogen-bond donors (Lipinski definition) is 1. The maximum Gasteiger partial charge on any atom is 0.248 e. The minimum absolute atomic E-state index is 0.401. The van der Waals surface area contributed by atoms with Crippen molar-refractivity contribution in [2.45, 2.75) is 0 Å². The van der Waals surface area contributed by atoms with Gasteiger partial charge in [-0.05, 0) is 18.2 Å². The molecule has 1 amide bonds. The molecule has 1 aliphatic rings. The highest BCUT2D eigenvalue weighted by Crippen LogP contribution is 2.30. The molecule has 0 saturated heterocycles. The van der Waals surface area contributed by atoms with Crippen LogP contribution in [0.2, 0.25) is 0 Å². The normalized spacial score (nSPS) is 12.6. The van der Waals surface area contributed by atoms with Gasteiger partial charge in [0, 0.05) is 5.56 Å².